The molecule has 2 nitrogen and oxygen atoms in total. The van der Waals surface area contributed by atoms with Crippen molar-refractivity contribution >= 4 is 35.2 Å². The lowest BCUT2D eigenvalue weighted by atomic mass is 9.95. The van der Waals surface area contributed by atoms with Gasteiger partial charge in [0.25, 0.3) is 5.91 Å². The number of rotatable bonds is 5. The summed E-state index contributed by atoms with van der Waals surface area (Å²) in [6, 6.07) is 7.53. The van der Waals surface area contributed by atoms with E-state index in [-0.39, 0.29) is 27.6 Å². The molecule has 0 aliphatic rings. The Morgan fingerprint density at radius 1 is 1.07 bits per heavy atom. The van der Waals surface area contributed by atoms with E-state index in [9.17, 15) is 18.0 Å². The summed E-state index contributed by atoms with van der Waals surface area (Å²) in [7, 11) is 0. The van der Waals surface area contributed by atoms with Crippen molar-refractivity contribution in [2.24, 2.45) is 0 Å². The third-order valence-electron chi connectivity index (χ3n) is 4.34. The fourth-order valence-corrected chi connectivity index (χ4v) is 3.32. The van der Waals surface area contributed by atoms with Crippen molar-refractivity contribution in [3.8, 4) is 0 Å². The van der Waals surface area contributed by atoms with Gasteiger partial charge >= 0.3 is 6.18 Å². The SMILES string of the molecule is Cc1cc(/C=C/C(c2cc(C)c(Cl)c(Cl)c2)C(F)(F)F)ccc1C(=O)NC(C)C. The molecule has 0 spiro atoms. The van der Waals surface area contributed by atoms with Crippen molar-refractivity contribution in [2.45, 2.75) is 45.8 Å². The minimum absolute atomic E-state index is 0.0105. The van der Waals surface area contributed by atoms with E-state index in [1.165, 1.54) is 18.2 Å². The first-order chi connectivity index (χ1) is 13.4. The molecule has 1 N–H and O–H groups in total. The molecule has 7 heteroatoms. The number of alkyl halides is 3. The highest BCUT2D eigenvalue weighted by Crippen LogP contribution is 2.39. The molecule has 0 bridgehead atoms. The topological polar surface area (TPSA) is 29.1 Å². The zero-order valence-electron chi connectivity index (χ0n) is 16.5. The Hall–Kier alpha value is -1.98. The first-order valence-electron chi connectivity index (χ1n) is 9.02. The van der Waals surface area contributed by atoms with E-state index in [2.05, 4.69) is 5.32 Å². The van der Waals surface area contributed by atoms with Crippen molar-refractivity contribution in [1.29, 1.82) is 0 Å². The molecule has 0 saturated heterocycles. The quantitative estimate of drug-likeness (QED) is 0.523. The van der Waals surface area contributed by atoms with Crippen LogP contribution in [0.3, 0.4) is 0 Å². The summed E-state index contributed by atoms with van der Waals surface area (Å²) in [6.07, 6.45) is -2.01. The lowest BCUT2D eigenvalue weighted by Crippen LogP contribution is -2.30. The summed E-state index contributed by atoms with van der Waals surface area (Å²) in [6.45, 7) is 7.06. The average Bonchev–Trinajstić information content (AvgIpc) is 2.57. The third-order valence-corrected chi connectivity index (χ3v) is 5.24. The first kappa shape index (κ1) is 23.3. The van der Waals surface area contributed by atoms with Gasteiger partial charge in [-0.1, -0.05) is 53.6 Å². The zero-order chi connectivity index (χ0) is 21.9. The van der Waals surface area contributed by atoms with Gasteiger partial charge in [-0.15, -0.1) is 0 Å². The van der Waals surface area contributed by atoms with Gasteiger partial charge in [-0.3, -0.25) is 4.79 Å². The van der Waals surface area contributed by atoms with Gasteiger partial charge in [0.1, 0.15) is 0 Å². The van der Waals surface area contributed by atoms with Gasteiger partial charge in [0, 0.05) is 11.6 Å². The molecule has 0 fully saturated rings. The molecular formula is C22H22Cl2F3NO. The van der Waals surface area contributed by atoms with Crippen molar-refractivity contribution in [3.63, 3.8) is 0 Å². The van der Waals surface area contributed by atoms with Crippen LogP contribution in [0.25, 0.3) is 6.08 Å². The van der Waals surface area contributed by atoms with Crippen LogP contribution in [-0.4, -0.2) is 18.1 Å². The summed E-state index contributed by atoms with van der Waals surface area (Å²) in [5.41, 5.74) is 2.23. The molecule has 2 aromatic carbocycles. The van der Waals surface area contributed by atoms with Crippen molar-refractivity contribution in [2.75, 3.05) is 0 Å². The molecule has 2 rings (SSSR count). The largest absolute Gasteiger partial charge is 0.399 e. The highest BCUT2D eigenvalue weighted by atomic mass is 35.5. The Morgan fingerprint density at radius 2 is 1.72 bits per heavy atom. The molecule has 1 amide bonds. The summed E-state index contributed by atoms with van der Waals surface area (Å²) < 4.78 is 41.0. The van der Waals surface area contributed by atoms with Crippen LogP contribution in [0.4, 0.5) is 13.2 Å². The predicted molar refractivity (Wildman–Crippen MR) is 113 cm³/mol. The monoisotopic (exact) mass is 443 g/mol. The molecule has 1 atom stereocenters. The summed E-state index contributed by atoms with van der Waals surface area (Å²) in [5.74, 6) is -2.05. The van der Waals surface area contributed by atoms with Crippen molar-refractivity contribution in [1.82, 2.24) is 5.32 Å². The number of amides is 1. The van der Waals surface area contributed by atoms with Gasteiger partial charge in [-0.2, -0.15) is 13.2 Å². The Kier molecular flexibility index (Phi) is 7.41. The molecule has 0 aromatic heterocycles. The van der Waals surface area contributed by atoms with Crippen LogP contribution in [0.1, 0.15) is 52.4 Å². The van der Waals surface area contributed by atoms with Crippen LogP contribution in [-0.2, 0) is 0 Å². The van der Waals surface area contributed by atoms with Gasteiger partial charge in [-0.05, 0) is 62.1 Å². The van der Waals surface area contributed by atoms with Gasteiger partial charge in [0.2, 0.25) is 0 Å². The van der Waals surface area contributed by atoms with Crippen LogP contribution >= 0.6 is 23.2 Å². The lowest BCUT2D eigenvalue weighted by molar-refractivity contribution is -0.139. The summed E-state index contributed by atoms with van der Waals surface area (Å²) in [4.78, 5) is 12.2. The van der Waals surface area contributed by atoms with Gasteiger partial charge < -0.3 is 5.32 Å². The van der Waals surface area contributed by atoms with Crippen LogP contribution in [0.2, 0.25) is 10.0 Å². The molecule has 29 heavy (non-hydrogen) atoms. The second-order valence-electron chi connectivity index (χ2n) is 7.21. The maximum atomic E-state index is 13.7. The van der Waals surface area contributed by atoms with Gasteiger partial charge in [-0.25, -0.2) is 0 Å². The fourth-order valence-electron chi connectivity index (χ4n) is 2.93. The Balaban J connectivity index is 2.35. The number of carbonyl (C=O) groups excluding carboxylic acids is 1. The van der Waals surface area contributed by atoms with E-state index in [1.54, 1.807) is 32.0 Å². The number of nitrogens with one attached hydrogen (secondary N) is 1. The van der Waals surface area contributed by atoms with E-state index in [0.29, 0.717) is 22.3 Å². The van der Waals surface area contributed by atoms with Gasteiger partial charge in [0.05, 0.1) is 16.0 Å². The molecule has 156 valence electrons. The molecule has 1 unspecified atom stereocenters. The normalized spacial score (nSPS) is 13.2. The maximum absolute atomic E-state index is 13.7. The molecular weight excluding hydrogens is 422 g/mol. The molecule has 0 aliphatic heterocycles. The zero-order valence-corrected chi connectivity index (χ0v) is 18.0. The fraction of sp³-hybridized carbons (Fsp3) is 0.318. The standard InChI is InChI=1S/C22H22Cl2F3NO/c1-12(2)28-21(29)17-7-5-15(9-13(17)3)6-8-18(22(25,26)27)16-10-14(4)20(24)19(23)11-16/h5-12,18H,1-4H3,(H,28,29)/b8-6+. The molecule has 0 aliphatic carbocycles. The predicted octanol–water partition coefficient (Wildman–Crippen LogP) is 7.11. The Labute approximate surface area is 178 Å². The van der Waals surface area contributed by atoms with E-state index >= 15 is 0 Å². The highest BCUT2D eigenvalue weighted by molar-refractivity contribution is 6.42. The van der Waals surface area contributed by atoms with E-state index in [1.807, 2.05) is 13.8 Å². The minimum Gasteiger partial charge on any atom is -0.350 e. The van der Waals surface area contributed by atoms with Crippen LogP contribution < -0.4 is 5.32 Å². The Morgan fingerprint density at radius 3 is 2.24 bits per heavy atom. The molecule has 0 saturated carbocycles. The smallest absolute Gasteiger partial charge is 0.350 e. The summed E-state index contributed by atoms with van der Waals surface area (Å²) in [5, 5.41) is 3.12. The van der Waals surface area contributed by atoms with Crippen LogP contribution in [0, 0.1) is 13.8 Å². The first-order valence-corrected chi connectivity index (χ1v) is 9.77. The molecule has 2 aromatic rings. The highest BCUT2D eigenvalue weighted by Gasteiger charge is 2.39. The minimum atomic E-state index is -4.49. The van der Waals surface area contributed by atoms with E-state index in [4.69, 9.17) is 23.2 Å². The number of benzene rings is 2. The second-order valence-corrected chi connectivity index (χ2v) is 8.00. The number of halogens is 5. The van der Waals surface area contributed by atoms with Gasteiger partial charge in [0.15, 0.2) is 0 Å². The van der Waals surface area contributed by atoms with Crippen molar-refractivity contribution in [3.05, 3.63) is 74.3 Å². The third kappa shape index (κ3) is 6.00. The number of carbonyl (C=O) groups is 1. The summed E-state index contributed by atoms with van der Waals surface area (Å²) >= 11 is 11.9. The molecule has 0 heterocycles. The number of hydrogen-bond acceptors (Lipinski definition) is 1. The maximum Gasteiger partial charge on any atom is 0.399 e. The second kappa shape index (κ2) is 9.23. The van der Waals surface area contributed by atoms with Crippen LogP contribution in [0.5, 0.6) is 0 Å². The van der Waals surface area contributed by atoms with E-state index < -0.39 is 12.1 Å². The number of aryl methyl sites for hydroxylation is 2. The average molecular weight is 444 g/mol. The molecule has 0 radical (unpaired) electrons. The number of hydrogen-bond donors (Lipinski definition) is 1. The Bertz CT molecular complexity index is 913. The van der Waals surface area contributed by atoms with Crippen molar-refractivity contribution < 1.29 is 18.0 Å². The lowest BCUT2D eigenvalue weighted by Gasteiger charge is -2.19. The van der Waals surface area contributed by atoms with Crippen LogP contribution in [0.15, 0.2) is 36.4 Å². The number of allylic oxidation sites excluding steroid dienone is 1. The van der Waals surface area contributed by atoms with E-state index in [0.717, 1.165) is 6.08 Å².